The normalized spacial score (nSPS) is 12.8. The molecule has 0 heterocycles. The van der Waals surface area contributed by atoms with Crippen molar-refractivity contribution in [2.24, 2.45) is 5.73 Å². The van der Waals surface area contributed by atoms with Crippen molar-refractivity contribution in [3.8, 4) is 5.75 Å². The van der Waals surface area contributed by atoms with Gasteiger partial charge in [-0.3, -0.25) is 0 Å². The maximum absolute atomic E-state index is 13.1. The largest absolute Gasteiger partial charge is 0.496 e. The van der Waals surface area contributed by atoms with E-state index in [4.69, 9.17) is 10.5 Å². The van der Waals surface area contributed by atoms with E-state index in [0.29, 0.717) is 0 Å². The van der Waals surface area contributed by atoms with Gasteiger partial charge in [-0.15, -0.1) is 0 Å². The van der Waals surface area contributed by atoms with Crippen molar-refractivity contribution in [2.45, 2.75) is 19.4 Å². The van der Waals surface area contributed by atoms with Crippen molar-refractivity contribution in [3.63, 3.8) is 0 Å². The molecule has 1 atom stereocenters. The number of nitrogens with two attached hydrogens (primary N) is 1. The van der Waals surface area contributed by atoms with Crippen molar-refractivity contribution in [1.82, 2.24) is 4.90 Å². The smallest absolute Gasteiger partial charge is 0.123 e. The summed E-state index contributed by atoms with van der Waals surface area (Å²) in [7, 11) is 3.61. The number of ether oxygens (including phenoxy) is 1. The van der Waals surface area contributed by atoms with Gasteiger partial charge in [-0.25, -0.2) is 4.39 Å². The molecule has 0 aromatic heterocycles. The molecule has 0 amide bonds. The first kappa shape index (κ1) is 13.9. The number of hydrogen-bond donors (Lipinski definition) is 1. The van der Waals surface area contributed by atoms with Gasteiger partial charge in [-0.2, -0.15) is 0 Å². The molecule has 0 spiro atoms. The Morgan fingerprint density at radius 3 is 2.76 bits per heavy atom. The van der Waals surface area contributed by atoms with E-state index in [0.717, 1.165) is 30.8 Å². The molecule has 96 valence electrons. The van der Waals surface area contributed by atoms with Gasteiger partial charge in [-0.05, 0) is 44.2 Å². The van der Waals surface area contributed by atoms with Crippen LogP contribution in [-0.2, 0) is 6.42 Å². The Bertz CT molecular complexity index is 355. The minimum absolute atomic E-state index is 0.148. The maximum atomic E-state index is 13.1. The number of hydrogen-bond acceptors (Lipinski definition) is 3. The predicted octanol–water partition coefficient (Wildman–Crippen LogP) is 1.66. The summed E-state index contributed by atoms with van der Waals surface area (Å²) in [5.74, 6) is 0.510. The summed E-state index contributed by atoms with van der Waals surface area (Å²) in [4.78, 5) is 2.13. The Labute approximate surface area is 102 Å². The van der Waals surface area contributed by atoms with E-state index in [2.05, 4.69) is 4.90 Å². The van der Waals surface area contributed by atoms with Gasteiger partial charge in [0.25, 0.3) is 0 Å². The Balaban J connectivity index is 2.58. The van der Waals surface area contributed by atoms with E-state index < -0.39 is 0 Å². The molecule has 2 N–H and O–H groups in total. The molecule has 0 bridgehead atoms. The molecule has 4 heteroatoms. The lowest BCUT2D eigenvalue weighted by molar-refractivity contribution is 0.318. The number of rotatable bonds is 6. The molecule has 0 saturated carbocycles. The average Bonchev–Trinajstić information content (AvgIpc) is 2.25. The Kier molecular flexibility index (Phi) is 5.38. The number of benzene rings is 1. The van der Waals surface area contributed by atoms with Gasteiger partial charge in [0.15, 0.2) is 0 Å². The van der Waals surface area contributed by atoms with Crippen LogP contribution in [0.3, 0.4) is 0 Å². The maximum Gasteiger partial charge on any atom is 0.123 e. The Morgan fingerprint density at radius 1 is 1.47 bits per heavy atom. The molecule has 0 radical (unpaired) electrons. The highest BCUT2D eigenvalue weighted by molar-refractivity contribution is 5.34. The van der Waals surface area contributed by atoms with Crippen LogP contribution < -0.4 is 10.5 Å². The lowest BCUT2D eigenvalue weighted by Crippen LogP contribution is -2.34. The standard InChI is InChI=1S/C13H21FN2O/c1-10(15)9-16(2)7-6-11-8-12(14)4-5-13(11)17-3/h4-5,8,10H,6-7,9,15H2,1-3H3. The van der Waals surface area contributed by atoms with Crippen molar-refractivity contribution in [3.05, 3.63) is 29.6 Å². The lowest BCUT2D eigenvalue weighted by Gasteiger charge is -2.19. The summed E-state index contributed by atoms with van der Waals surface area (Å²) >= 11 is 0. The fourth-order valence-electron chi connectivity index (χ4n) is 1.84. The molecule has 1 unspecified atom stereocenters. The minimum atomic E-state index is -0.226. The number of likely N-dealkylation sites (N-methyl/N-ethyl adjacent to an activating group) is 1. The first-order valence-corrected chi connectivity index (χ1v) is 5.79. The van der Waals surface area contributed by atoms with Gasteiger partial charge in [0.05, 0.1) is 7.11 Å². The van der Waals surface area contributed by atoms with Crippen LogP contribution in [0.15, 0.2) is 18.2 Å². The van der Waals surface area contributed by atoms with Gasteiger partial charge in [0.1, 0.15) is 11.6 Å². The van der Waals surface area contributed by atoms with Crippen LogP contribution in [0.2, 0.25) is 0 Å². The van der Waals surface area contributed by atoms with Crippen LogP contribution in [0.4, 0.5) is 4.39 Å². The highest BCUT2D eigenvalue weighted by Gasteiger charge is 2.07. The van der Waals surface area contributed by atoms with Crippen molar-refractivity contribution in [1.29, 1.82) is 0 Å². The van der Waals surface area contributed by atoms with Crippen LogP contribution in [0.25, 0.3) is 0 Å². The minimum Gasteiger partial charge on any atom is -0.496 e. The zero-order chi connectivity index (χ0) is 12.8. The number of halogens is 1. The van der Waals surface area contributed by atoms with E-state index in [1.165, 1.54) is 12.1 Å². The van der Waals surface area contributed by atoms with E-state index >= 15 is 0 Å². The van der Waals surface area contributed by atoms with Gasteiger partial charge in [-0.1, -0.05) is 0 Å². The Morgan fingerprint density at radius 2 is 2.18 bits per heavy atom. The summed E-state index contributed by atoms with van der Waals surface area (Å²) in [6, 6.07) is 4.75. The lowest BCUT2D eigenvalue weighted by atomic mass is 10.1. The third-order valence-electron chi connectivity index (χ3n) is 2.60. The summed E-state index contributed by atoms with van der Waals surface area (Å²) in [6.45, 7) is 3.64. The van der Waals surface area contributed by atoms with Crippen LogP contribution in [0.1, 0.15) is 12.5 Å². The first-order chi connectivity index (χ1) is 8.02. The monoisotopic (exact) mass is 240 g/mol. The van der Waals surface area contributed by atoms with Crippen molar-refractivity contribution < 1.29 is 9.13 Å². The fourth-order valence-corrected chi connectivity index (χ4v) is 1.84. The molecular formula is C13H21FN2O. The van der Waals surface area contributed by atoms with Gasteiger partial charge >= 0.3 is 0 Å². The van der Waals surface area contributed by atoms with E-state index in [9.17, 15) is 4.39 Å². The topological polar surface area (TPSA) is 38.5 Å². The zero-order valence-electron chi connectivity index (χ0n) is 10.7. The SMILES string of the molecule is COc1ccc(F)cc1CCN(C)CC(C)N. The second kappa shape index (κ2) is 6.57. The second-order valence-corrected chi connectivity index (χ2v) is 4.45. The third kappa shape index (κ3) is 4.71. The van der Waals surface area contributed by atoms with Crippen molar-refractivity contribution >= 4 is 0 Å². The zero-order valence-corrected chi connectivity index (χ0v) is 10.7. The molecule has 1 aromatic carbocycles. The van der Waals surface area contributed by atoms with E-state index in [1.807, 2.05) is 14.0 Å². The summed E-state index contributed by atoms with van der Waals surface area (Å²) in [5, 5.41) is 0. The van der Waals surface area contributed by atoms with Crippen LogP contribution in [0, 0.1) is 5.82 Å². The quantitative estimate of drug-likeness (QED) is 0.822. The molecule has 17 heavy (non-hydrogen) atoms. The summed E-state index contributed by atoms with van der Waals surface area (Å²) < 4.78 is 18.3. The third-order valence-corrected chi connectivity index (χ3v) is 2.60. The van der Waals surface area contributed by atoms with E-state index in [-0.39, 0.29) is 11.9 Å². The average molecular weight is 240 g/mol. The highest BCUT2D eigenvalue weighted by Crippen LogP contribution is 2.19. The van der Waals surface area contributed by atoms with E-state index in [1.54, 1.807) is 13.2 Å². The molecule has 0 aliphatic heterocycles. The number of nitrogens with zero attached hydrogens (tertiary/aromatic N) is 1. The van der Waals surface area contributed by atoms with Crippen LogP contribution in [-0.4, -0.2) is 38.2 Å². The molecular weight excluding hydrogens is 219 g/mol. The first-order valence-electron chi connectivity index (χ1n) is 5.79. The van der Waals surface area contributed by atoms with Gasteiger partial charge in [0.2, 0.25) is 0 Å². The second-order valence-electron chi connectivity index (χ2n) is 4.45. The highest BCUT2D eigenvalue weighted by atomic mass is 19.1. The number of methoxy groups -OCH3 is 1. The molecule has 0 aliphatic carbocycles. The summed E-state index contributed by atoms with van der Waals surface area (Å²) in [5.41, 5.74) is 6.61. The van der Waals surface area contributed by atoms with Gasteiger partial charge < -0.3 is 15.4 Å². The Hall–Kier alpha value is -1.13. The molecule has 1 aromatic rings. The predicted molar refractivity (Wildman–Crippen MR) is 67.8 cm³/mol. The summed E-state index contributed by atoms with van der Waals surface area (Å²) in [6.07, 6.45) is 0.754. The molecule has 0 saturated heterocycles. The molecule has 3 nitrogen and oxygen atoms in total. The molecule has 1 rings (SSSR count). The van der Waals surface area contributed by atoms with Gasteiger partial charge in [0, 0.05) is 19.1 Å². The molecule has 0 aliphatic rings. The molecule has 0 fully saturated rings. The van der Waals surface area contributed by atoms with Crippen LogP contribution in [0.5, 0.6) is 5.75 Å². The van der Waals surface area contributed by atoms with Crippen molar-refractivity contribution in [2.75, 3.05) is 27.2 Å². The van der Waals surface area contributed by atoms with Crippen LogP contribution >= 0.6 is 0 Å². The fraction of sp³-hybridized carbons (Fsp3) is 0.538.